The number of nitrogens with one attached hydrogen (secondary N) is 1. The summed E-state index contributed by atoms with van der Waals surface area (Å²) in [6.45, 7) is 3.32. The zero-order valence-corrected chi connectivity index (χ0v) is 18.6. The van der Waals surface area contributed by atoms with Gasteiger partial charge < -0.3 is 15.0 Å². The molecular weight excluding hydrogens is 425 g/mol. The number of hydrogen-bond acceptors (Lipinski definition) is 4. The molecule has 2 fully saturated rings. The zero-order chi connectivity index (χ0) is 23.4. The van der Waals surface area contributed by atoms with E-state index in [1.807, 2.05) is 13.0 Å². The lowest BCUT2D eigenvalue weighted by Crippen LogP contribution is -2.59. The average Bonchev–Trinajstić information content (AvgIpc) is 3.21. The maximum absolute atomic E-state index is 13.5. The number of carbonyl (C=O) groups excluding carboxylic acids is 3. The van der Waals surface area contributed by atoms with Gasteiger partial charge in [0.1, 0.15) is 17.6 Å². The first kappa shape index (κ1) is 22.9. The first-order valence-corrected chi connectivity index (χ1v) is 11.3. The number of halogens is 1. The van der Waals surface area contributed by atoms with Crippen molar-refractivity contribution in [3.8, 4) is 0 Å². The molecule has 1 atom stereocenters. The van der Waals surface area contributed by atoms with Gasteiger partial charge in [-0.15, -0.1) is 0 Å². The van der Waals surface area contributed by atoms with Gasteiger partial charge in [-0.25, -0.2) is 4.39 Å². The summed E-state index contributed by atoms with van der Waals surface area (Å²) in [6, 6.07) is 13.6. The van der Waals surface area contributed by atoms with Crippen molar-refractivity contribution < 1.29 is 23.5 Å². The quantitative estimate of drug-likeness (QED) is 0.755. The molecule has 174 valence electrons. The van der Waals surface area contributed by atoms with Crippen LogP contribution in [-0.4, -0.2) is 65.5 Å². The summed E-state index contributed by atoms with van der Waals surface area (Å²) in [5.41, 5.74) is -0.0602. The molecule has 3 amide bonds. The number of carbonyl (C=O) groups is 3. The number of piperidine rings is 1. The fraction of sp³-hybridized carbons (Fsp3) is 0.400. The van der Waals surface area contributed by atoms with Crippen molar-refractivity contribution in [3.05, 3.63) is 71.5 Å². The number of benzene rings is 2. The van der Waals surface area contributed by atoms with E-state index in [-0.39, 0.29) is 24.3 Å². The first-order valence-electron chi connectivity index (χ1n) is 11.3. The molecule has 2 aromatic rings. The van der Waals surface area contributed by atoms with Gasteiger partial charge in [0.05, 0.1) is 6.61 Å². The predicted octanol–water partition coefficient (Wildman–Crippen LogP) is 2.83. The van der Waals surface area contributed by atoms with Crippen LogP contribution >= 0.6 is 0 Å². The molecule has 0 saturated carbocycles. The zero-order valence-electron chi connectivity index (χ0n) is 18.6. The molecular formula is C25H28FN3O4. The van der Waals surface area contributed by atoms with Crippen molar-refractivity contribution in [2.45, 2.75) is 38.0 Å². The summed E-state index contributed by atoms with van der Waals surface area (Å²) in [7, 11) is 0. The van der Waals surface area contributed by atoms with Crippen LogP contribution in [0.2, 0.25) is 0 Å². The third-order valence-corrected chi connectivity index (χ3v) is 6.28. The Morgan fingerprint density at radius 2 is 1.64 bits per heavy atom. The van der Waals surface area contributed by atoms with Crippen molar-refractivity contribution in [3.63, 3.8) is 0 Å². The minimum absolute atomic E-state index is 0.111. The Labute approximate surface area is 192 Å². The van der Waals surface area contributed by atoms with Crippen LogP contribution in [0.3, 0.4) is 0 Å². The predicted molar refractivity (Wildman–Crippen MR) is 120 cm³/mol. The summed E-state index contributed by atoms with van der Waals surface area (Å²) in [5.74, 6) is -1.09. The van der Waals surface area contributed by atoms with Crippen molar-refractivity contribution >= 4 is 17.7 Å². The second-order valence-electron chi connectivity index (χ2n) is 8.40. The van der Waals surface area contributed by atoms with Gasteiger partial charge in [-0.2, -0.15) is 0 Å². The summed E-state index contributed by atoms with van der Waals surface area (Å²) in [6.07, 6.45) is 1.56. The molecule has 7 nitrogen and oxygen atoms in total. The Hall–Kier alpha value is -3.26. The van der Waals surface area contributed by atoms with E-state index in [0.717, 1.165) is 6.42 Å². The van der Waals surface area contributed by atoms with Crippen LogP contribution < -0.4 is 5.32 Å². The molecule has 2 saturated heterocycles. The molecule has 4 rings (SSSR count). The van der Waals surface area contributed by atoms with Crippen LogP contribution in [0.5, 0.6) is 0 Å². The highest BCUT2D eigenvalue weighted by Gasteiger charge is 2.54. The number of amides is 3. The number of likely N-dealkylation sites (tertiary alicyclic amines) is 1. The molecule has 0 aliphatic carbocycles. The summed E-state index contributed by atoms with van der Waals surface area (Å²) >= 11 is 0. The molecule has 2 aromatic carbocycles. The minimum Gasteiger partial charge on any atom is -0.354 e. The van der Waals surface area contributed by atoms with E-state index >= 15 is 0 Å². The molecule has 0 bridgehead atoms. The molecule has 1 spiro atoms. The van der Waals surface area contributed by atoms with Gasteiger partial charge in [-0.05, 0) is 42.8 Å². The van der Waals surface area contributed by atoms with Gasteiger partial charge in [-0.3, -0.25) is 19.3 Å². The fourth-order valence-corrected chi connectivity index (χ4v) is 4.49. The van der Waals surface area contributed by atoms with Crippen molar-refractivity contribution in [1.82, 2.24) is 15.1 Å². The third kappa shape index (κ3) is 4.61. The van der Waals surface area contributed by atoms with Gasteiger partial charge in [0.25, 0.3) is 11.8 Å². The molecule has 0 radical (unpaired) electrons. The Morgan fingerprint density at radius 3 is 2.27 bits per heavy atom. The van der Waals surface area contributed by atoms with Gasteiger partial charge in [0.15, 0.2) is 0 Å². The Morgan fingerprint density at radius 1 is 1.00 bits per heavy atom. The number of nitrogens with zero attached hydrogens (tertiary/aromatic N) is 2. The highest BCUT2D eigenvalue weighted by Crippen LogP contribution is 2.38. The highest BCUT2D eigenvalue weighted by atomic mass is 19.1. The standard InChI is InChI=1S/C25H28FN3O4/c1-2-14-27-22(30)21-17-33-25(29(21)24(32)18-6-4-3-5-7-18)12-15-28(16-13-25)23(31)19-8-10-20(26)11-9-19/h3-11,21H,2,12-17H2,1H3,(H,27,30)/t21-/m0/s1. The molecule has 0 unspecified atom stereocenters. The van der Waals surface area contributed by atoms with E-state index in [1.165, 1.54) is 24.3 Å². The van der Waals surface area contributed by atoms with Crippen LogP contribution in [0.15, 0.2) is 54.6 Å². The van der Waals surface area contributed by atoms with Crippen molar-refractivity contribution in [2.24, 2.45) is 0 Å². The lowest BCUT2D eigenvalue weighted by molar-refractivity contribution is -0.128. The monoisotopic (exact) mass is 453 g/mol. The van der Waals surface area contributed by atoms with Crippen LogP contribution in [0.25, 0.3) is 0 Å². The molecule has 0 aromatic heterocycles. The maximum Gasteiger partial charge on any atom is 0.256 e. The van der Waals surface area contributed by atoms with E-state index in [1.54, 1.807) is 34.1 Å². The maximum atomic E-state index is 13.5. The molecule has 2 aliphatic rings. The lowest BCUT2D eigenvalue weighted by Gasteiger charge is -2.44. The molecule has 33 heavy (non-hydrogen) atoms. The van der Waals surface area contributed by atoms with Crippen molar-refractivity contribution in [1.29, 1.82) is 0 Å². The van der Waals surface area contributed by atoms with Crippen LogP contribution in [0, 0.1) is 5.82 Å². The summed E-state index contributed by atoms with van der Waals surface area (Å²) in [5, 5.41) is 2.88. The minimum atomic E-state index is -0.958. The first-order chi connectivity index (χ1) is 15.9. The van der Waals surface area contributed by atoms with Crippen LogP contribution in [0.1, 0.15) is 46.9 Å². The van der Waals surface area contributed by atoms with Gasteiger partial charge in [-0.1, -0.05) is 25.1 Å². The molecule has 2 heterocycles. The van der Waals surface area contributed by atoms with Crippen molar-refractivity contribution in [2.75, 3.05) is 26.2 Å². The summed E-state index contributed by atoms with van der Waals surface area (Å²) in [4.78, 5) is 42.5. The molecule has 2 aliphatic heterocycles. The smallest absolute Gasteiger partial charge is 0.256 e. The number of rotatable bonds is 5. The largest absolute Gasteiger partial charge is 0.354 e. The van der Waals surface area contributed by atoms with E-state index in [2.05, 4.69) is 5.32 Å². The van der Waals surface area contributed by atoms with E-state index in [0.29, 0.717) is 43.6 Å². The van der Waals surface area contributed by atoms with Crippen LogP contribution in [-0.2, 0) is 9.53 Å². The second kappa shape index (κ2) is 9.70. The van der Waals surface area contributed by atoms with Gasteiger partial charge in [0, 0.05) is 43.6 Å². The average molecular weight is 454 g/mol. The SMILES string of the molecule is CCCNC(=O)[C@@H]1COC2(CCN(C(=O)c3ccc(F)cc3)CC2)N1C(=O)c1ccccc1. The lowest BCUT2D eigenvalue weighted by atomic mass is 9.96. The topological polar surface area (TPSA) is 79.0 Å². The third-order valence-electron chi connectivity index (χ3n) is 6.28. The Balaban J connectivity index is 1.55. The number of ether oxygens (including phenoxy) is 1. The van der Waals surface area contributed by atoms with Gasteiger partial charge >= 0.3 is 0 Å². The Kier molecular flexibility index (Phi) is 6.74. The number of hydrogen-bond donors (Lipinski definition) is 1. The van der Waals surface area contributed by atoms with E-state index in [9.17, 15) is 18.8 Å². The second-order valence-corrected chi connectivity index (χ2v) is 8.40. The van der Waals surface area contributed by atoms with E-state index in [4.69, 9.17) is 4.74 Å². The fourth-order valence-electron chi connectivity index (χ4n) is 4.49. The summed E-state index contributed by atoms with van der Waals surface area (Å²) < 4.78 is 19.4. The molecule has 8 heteroatoms. The molecule has 1 N–H and O–H groups in total. The van der Waals surface area contributed by atoms with Gasteiger partial charge in [0.2, 0.25) is 5.91 Å². The van der Waals surface area contributed by atoms with Crippen LogP contribution in [0.4, 0.5) is 4.39 Å². The highest BCUT2D eigenvalue weighted by molar-refractivity contribution is 5.98. The Bertz CT molecular complexity index is 1000. The van der Waals surface area contributed by atoms with E-state index < -0.39 is 17.6 Å². The normalized spacial score (nSPS) is 19.5.